The molecule has 0 bridgehead atoms. The van der Waals surface area contributed by atoms with E-state index in [1.165, 1.54) is 11.9 Å². The number of nitrogens with one attached hydrogen (secondary N) is 2. The number of carbonyl (C=O) groups is 3. The van der Waals surface area contributed by atoms with Gasteiger partial charge >= 0.3 is 12.0 Å². The molecule has 0 rings (SSSR count). The van der Waals surface area contributed by atoms with Crippen LogP contribution in [0.3, 0.4) is 0 Å². The van der Waals surface area contributed by atoms with Crippen LogP contribution in [-0.2, 0) is 9.59 Å². The number of aliphatic carboxylic acids is 1. The first kappa shape index (κ1) is 16.2. The van der Waals surface area contributed by atoms with Crippen molar-refractivity contribution in [2.24, 2.45) is 0 Å². The van der Waals surface area contributed by atoms with Gasteiger partial charge in [0.2, 0.25) is 5.91 Å². The minimum absolute atomic E-state index is 0.0524. The van der Waals surface area contributed by atoms with Crippen LogP contribution in [0.25, 0.3) is 0 Å². The van der Waals surface area contributed by atoms with Gasteiger partial charge < -0.3 is 20.6 Å². The highest BCUT2D eigenvalue weighted by Crippen LogP contribution is 1.98. The summed E-state index contributed by atoms with van der Waals surface area (Å²) in [6, 6.07) is -0.874. The van der Waals surface area contributed by atoms with Crippen molar-refractivity contribution >= 4 is 17.9 Å². The number of nitrogens with zero attached hydrogens (tertiary/aromatic N) is 1. The summed E-state index contributed by atoms with van der Waals surface area (Å²) in [4.78, 5) is 34.7. The molecular weight excluding hydrogens is 238 g/mol. The van der Waals surface area contributed by atoms with Crippen LogP contribution in [0.15, 0.2) is 0 Å². The number of carboxylic acid groups (broad SMARTS) is 1. The van der Waals surface area contributed by atoms with Crippen molar-refractivity contribution in [1.82, 2.24) is 15.5 Å². The summed E-state index contributed by atoms with van der Waals surface area (Å²) >= 11 is 0. The van der Waals surface area contributed by atoms with Crippen molar-refractivity contribution in [3.63, 3.8) is 0 Å². The molecule has 0 aromatic heterocycles. The van der Waals surface area contributed by atoms with E-state index in [-0.39, 0.29) is 18.9 Å². The smallest absolute Gasteiger partial charge is 0.317 e. The zero-order valence-corrected chi connectivity index (χ0v) is 11.0. The lowest BCUT2D eigenvalue weighted by Gasteiger charge is -2.21. The summed E-state index contributed by atoms with van der Waals surface area (Å²) in [5.74, 6) is -1.21. The van der Waals surface area contributed by atoms with Crippen molar-refractivity contribution in [3.8, 4) is 0 Å². The highest BCUT2D eigenvalue weighted by atomic mass is 16.4. The number of amides is 3. The first-order chi connectivity index (χ1) is 8.40. The van der Waals surface area contributed by atoms with Gasteiger partial charge in [-0.25, -0.2) is 4.79 Å². The number of likely N-dealkylation sites (N-methyl/N-ethyl adjacent to an activating group) is 2. The zero-order chi connectivity index (χ0) is 14.1. The van der Waals surface area contributed by atoms with Crippen molar-refractivity contribution in [1.29, 1.82) is 0 Å². The van der Waals surface area contributed by atoms with Crippen LogP contribution < -0.4 is 10.6 Å². The Kier molecular flexibility index (Phi) is 7.50. The number of carbonyl (C=O) groups excluding carboxylic acids is 2. The van der Waals surface area contributed by atoms with Gasteiger partial charge in [-0.15, -0.1) is 0 Å². The molecule has 0 heterocycles. The Hall–Kier alpha value is -1.79. The van der Waals surface area contributed by atoms with E-state index in [1.807, 2.05) is 0 Å². The molecule has 1 unspecified atom stereocenters. The molecule has 1 atom stereocenters. The largest absolute Gasteiger partial charge is 0.481 e. The Morgan fingerprint density at radius 3 is 2.33 bits per heavy atom. The van der Waals surface area contributed by atoms with Crippen LogP contribution in [0.1, 0.15) is 26.7 Å². The van der Waals surface area contributed by atoms with Gasteiger partial charge in [0.1, 0.15) is 6.54 Å². The topological polar surface area (TPSA) is 98.7 Å². The molecule has 0 aromatic rings. The number of rotatable bonds is 7. The summed E-state index contributed by atoms with van der Waals surface area (Å²) in [6.07, 6.45) is 0.393. The minimum atomic E-state index is -0.964. The minimum Gasteiger partial charge on any atom is -0.481 e. The molecule has 18 heavy (non-hydrogen) atoms. The molecule has 7 nitrogen and oxygen atoms in total. The molecular formula is C11H21N3O4. The van der Waals surface area contributed by atoms with E-state index < -0.39 is 18.0 Å². The summed E-state index contributed by atoms with van der Waals surface area (Å²) in [5.41, 5.74) is 0. The first-order valence-electron chi connectivity index (χ1n) is 5.90. The van der Waals surface area contributed by atoms with Crippen LogP contribution in [0.4, 0.5) is 4.79 Å². The maximum absolute atomic E-state index is 11.7. The molecule has 0 aliphatic heterocycles. The second kappa shape index (κ2) is 8.32. The number of hydrogen-bond acceptors (Lipinski definition) is 3. The monoisotopic (exact) mass is 259 g/mol. The second-order valence-corrected chi connectivity index (χ2v) is 3.96. The fraction of sp³-hybridized carbons (Fsp3) is 0.727. The van der Waals surface area contributed by atoms with E-state index in [2.05, 4.69) is 10.6 Å². The Morgan fingerprint density at radius 1 is 1.28 bits per heavy atom. The van der Waals surface area contributed by atoms with Gasteiger partial charge in [0.25, 0.3) is 0 Å². The van der Waals surface area contributed by atoms with Gasteiger partial charge in [0.05, 0.1) is 6.42 Å². The molecule has 7 heteroatoms. The Bertz CT molecular complexity index is 307. The lowest BCUT2D eigenvalue weighted by Crippen LogP contribution is -2.47. The van der Waals surface area contributed by atoms with Gasteiger partial charge in [-0.2, -0.15) is 0 Å². The highest BCUT2D eigenvalue weighted by Gasteiger charge is 2.17. The lowest BCUT2D eigenvalue weighted by atomic mass is 10.1. The average Bonchev–Trinajstić information content (AvgIpc) is 2.27. The van der Waals surface area contributed by atoms with Crippen molar-refractivity contribution in [2.45, 2.75) is 32.7 Å². The standard InChI is InChI=1S/C11H21N3O4/c1-4-8(6-10(16)17)13-11(18)14(3)7-9(15)12-5-2/h8H,4-7H2,1-3H3,(H,12,15)(H,13,18)(H,16,17). The highest BCUT2D eigenvalue weighted by molar-refractivity contribution is 5.84. The van der Waals surface area contributed by atoms with Crippen LogP contribution in [0.2, 0.25) is 0 Å². The van der Waals surface area contributed by atoms with E-state index in [1.54, 1.807) is 13.8 Å². The van der Waals surface area contributed by atoms with E-state index in [4.69, 9.17) is 5.11 Å². The second-order valence-electron chi connectivity index (χ2n) is 3.96. The van der Waals surface area contributed by atoms with E-state index in [0.717, 1.165) is 0 Å². The van der Waals surface area contributed by atoms with Crippen molar-refractivity contribution in [2.75, 3.05) is 20.1 Å². The summed E-state index contributed by atoms with van der Waals surface area (Å²) in [6.45, 7) is 4.03. The third-order valence-corrected chi connectivity index (χ3v) is 2.34. The van der Waals surface area contributed by atoms with E-state index >= 15 is 0 Å². The maximum Gasteiger partial charge on any atom is 0.317 e. The molecule has 3 N–H and O–H groups in total. The third-order valence-electron chi connectivity index (χ3n) is 2.34. The summed E-state index contributed by atoms with van der Waals surface area (Å²) < 4.78 is 0. The van der Waals surface area contributed by atoms with Crippen LogP contribution in [0.5, 0.6) is 0 Å². The van der Waals surface area contributed by atoms with Crippen molar-refractivity contribution in [3.05, 3.63) is 0 Å². The van der Waals surface area contributed by atoms with Crippen LogP contribution in [-0.4, -0.2) is 54.1 Å². The van der Waals surface area contributed by atoms with Gasteiger partial charge in [-0.1, -0.05) is 6.92 Å². The quantitative estimate of drug-likeness (QED) is 0.600. The van der Waals surface area contributed by atoms with Crippen molar-refractivity contribution < 1.29 is 19.5 Å². The molecule has 0 radical (unpaired) electrons. The molecule has 0 aliphatic carbocycles. The molecule has 3 amide bonds. The fourth-order valence-electron chi connectivity index (χ4n) is 1.33. The number of carboxylic acids is 1. The summed E-state index contributed by atoms with van der Waals surface area (Å²) in [7, 11) is 1.48. The summed E-state index contributed by atoms with van der Waals surface area (Å²) in [5, 5.41) is 13.8. The van der Waals surface area contributed by atoms with Gasteiger partial charge in [-0.05, 0) is 13.3 Å². The SMILES string of the molecule is CCNC(=O)CN(C)C(=O)NC(CC)CC(=O)O. The van der Waals surface area contributed by atoms with Crippen LogP contribution in [0, 0.1) is 0 Å². The molecule has 0 saturated carbocycles. The average molecular weight is 259 g/mol. The molecule has 104 valence electrons. The Balaban J connectivity index is 4.20. The normalized spacial score (nSPS) is 11.5. The third kappa shape index (κ3) is 6.72. The van der Waals surface area contributed by atoms with E-state index in [9.17, 15) is 14.4 Å². The van der Waals surface area contributed by atoms with Gasteiger partial charge in [0.15, 0.2) is 0 Å². The molecule has 0 saturated heterocycles. The fourth-order valence-corrected chi connectivity index (χ4v) is 1.33. The molecule has 0 fully saturated rings. The maximum atomic E-state index is 11.7. The number of urea groups is 1. The Labute approximate surface area is 107 Å². The lowest BCUT2D eigenvalue weighted by molar-refractivity contribution is -0.137. The predicted molar refractivity (Wildman–Crippen MR) is 66.2 cm³/mol. The zero-order valence-electron chi connectivity index (χ0n) is 11.0. The molecule has 0 aromatic carbocycles. The van der Waals surface area contributed by atoms with Gasteiger partial charge in [-0.3, -0.25) is 9.59 Å². The first-order valence-corrected chi connectivity index (χ1v) is 5.90. The molecule has 0 spiro atoms. The Morgan fingerprint density at radius 2 is 1.89 bits per heavy atom. The van der Waals surface area contributed by atoms with Crippen LogP contribution >= 0.6 is 0 Å². The van der Waals surface area contributed by atoms with E-state index in [0.29, 0.717) is 13.0 Å². The predicted octanol–water partition coefficient (Wildman–Crippen LogP) is 0.0172. The number of hydrogen-bond donors (Lipinski definition) is 3. The molecule has 0 aliphatic rings. The van der Waals surface area contributed by atoms with Gasteiger partial charge in [0, 0.05) is 19.6 Å².